The van der Waals surface area contributed by atoms with Crippen LogP contribution in [0.25, 0.3) is 0 Å². The van der Waals surface area contributed by atoms with Crippen molar-refractivity contribution >= 4 is 21.9 Å². The van der Waals surface area contributed by atoms with Crippen LogP contribution in [0.15, 0.2) is 0 Å². The third-order valence-electron chi connectivity index (χ3n) is 1.02. The molecular weight excluding hydrogens is 186 g/mol. The van der Waals surface area contributed by atoms with Crippen molar-refractivity contribution in [2.45, 2.75) is 0 Å². The molecule has 0 aromatic rings. The van der Waals surface area contributed by atoms with Crippen LogP contribution in [0.2, 0.25) is 0 Å². The quantitative estimate of drug-likeness (QED) is 0.459. The Labute approximate surface area is 71.5 Å². The molecule has 4 nitrogen and oxygen atoms in total. The standard InChI is InChI=1S/C5H13NO3S2/c1-10-4-2-6-3-5-11(7,8)9/h6H,2-5H2,1H3,(H,7,8,9). The Kier molecular flexibility index (Phi) is 5.93. The van der Waals surface area contributed by atoms with Crippen molar-refractivity contribution < 1.29 is 13.0 Å². The van der Waals surface area contributed by atoms with Crippen LogP contribution in [0, 0.1) is 0 Å². The minimum absolute atomic E-state index is 0.207. The van der Waals surface area contributed by atoms with E-state index in [9.17, 15) is 8.42 Å². The fraction of sp³-hybridized carbons (Fsp3) is 1.00. The molecule has 0 amide bonds. The van der Waals surface area contributed by atoms with Gasteiger partial charge in [0.2, 0.25) is 0 Å². The molecule has 0 aromatic heterocycles. The number of nitrogens with one attached hydrogen (secondary N) is 1. The summed E-state index contributed by atoms with van der Waals surface area (Å²) in [5.74, 6) is 0.743. The lowest BCUT2D eigenvalue weighted by atomic mass is 10.7. The first-order chi connectivity index (χ1) is 5.06. The summed E-state index contributed by atoms with van der Waals surface area (Å²) >= 11 is 1.69. The zero-order valence-electron chi connectivity index (χ0n) is 6.41. The molecular formula is C5H13NO3S2. The minimum Gasteiger partial charge on any atom is -0.315 e. The summed E-state index contributed by atoms with van der Waals surface area (Å²) in [6.45, 7) is 1.09. The van der Waals surface area contributed by atoms with Crippen molar-refractivity contribution in [3.8, 4) is 0 Å². The van der Waals surface area contributed by atoms with E-state index in [0.717, 1.165) is 12.3 Å². The van der Waals surface area contributed by atoms with Crippen LogP contribution in [0.3, 0.4) is 0 Å². The maximum absolute atomic E-state index is 10.2. The summed E-state index contributed by atoms with van der Waals surface area (Å²) in [5, 5.41) is 2.88. The molecule has 0 aliphatic rings. The largest absolute Gasteiger partial charge is 0.315 e. The van der Waals surface area contributed by atoms with Gasteiger partial charge < -0.3 is 5.32 Å². The number of hydrogen-bond acceptors (Lipinski definition) is 4. The lowest BCUT2D eigenvalue weighted by Crippen LogP contribution is -2.24. The molecule has 0 aliphatic heterocycles. The monoisotopic (exact) mass is 199 g/mol. The van der Waals surface area contributed by atoms with E-state index in [2.05, 4.69) is 5.32 Å². The maximum Gasteiger partial charge on any atom is 0.266 e. The van der Waals surface area contributed by atoms with Gasteiger partial charge in [0, 0.05) is 18.8 Å². The lowest BCUT2D eigenvalue weighted by Gasteiger charge is -2.00. The van der Waals surface area contributed by atoms with Gasteiger partial charge in [0.25, 0.3) is 10.1 Å². The molecule has 0 heterocycles. The lowest BCUT2D eigenvalue weighted by molar-refractivity contribution is 0.481. The summed E-state index contributed by atoms with van der Waals surface area (Å²) in [4.78, 5) is 0. The van der Waals surface area contributed by atoms with Crippen molar-refractivity contribution in [3.63, 3.8) is 0 Å². The fourth-order valence-corrected chi connectivity index (χ4v) is 1.25. The van der Waals surface area contributed by atoms with Crippen LogP contribution in [0.4, 0.5) is 0 Å². The van der Waals surface area contributed by atoms with Crippen LogP contribution in [0.5, 0.6) is 0 Å². The van der Waals surface area contributed by atoms with E-state index < -0.39 is 10.1 Å². The van der Waals surface area contributed by atoms with Crippen molar-refractivity contribution in [1.29, 1.82) is 0 Å². The minimum atomic E-state index is -3.78. The van der Waals surface area contributed by atoms with Gasteiger partial charge in [-0.1, -0.05) is 0 Å². The molecule has 0 saturated heterocycles. The molecule has 0 atom stereocenters. The van der Waals surface area contributed by atoms with Gasteiger partial charge in [-0.3, -0.25) is 4.55 Å². The van der Waals surface area contributed by atoms with Gasteiger partial charge >= 0.3 is 0 Å². The molecule has 0 aliphatic carbocycles. The summed E-state index contributed by atoms with van der Waals surface area (Å²) in [6, 6.07) is 0. The molecule has 0 spiro atoms. The predicted octanol–water partition coefficient (Wildman–Crippen LogP) is -0.173. The van der Waals surface area contributed by atoms with E-state index in [4.69, 9.17) is 4.55 Å². The molecule has 6 heteroatoms. The Morgan fingerprint density at radius 1 is 1.45 bits per heavy atom. The van der Waals surface area contributed by atoms with E-state index in [1.54, 1.807) is 11.8 Å². The Morgan fingerprint density at radius 2 is 2.09 bits per heavy atom. The Hall–Kier alpha value is 0.220. The zero-order chi connectivity index (χ0) is 8.74. The molecule has 0 saturated carbocycles. The van der Waals surface area contributed by atoms with Gasteiger partial charge in [-0.25, -0.2) is 0 Å². The van der Waals surface area contributed by atoms with Gasteiger partial charge in [-0.15, -0.1) is 0 Å². The van der Waals surface area contributed by atoms with E-state index in [0.29, 0.717) is 6.54 Å². The smallest absolute Gasteiger partial charge is 0.266 e. The molecule has 0 rings (SSSR count). The van der Waals surface area contributed by atoms with E-state index in [1.165, 1.54) is 0 Å². The number of thioether (sulfide) groups is 1. The van der Waals surface area contributed by atoms with E-state index in [-0.39, 0.29) is 5.75 Å². The third-order valence-corrected chi connectivity index (χ3v) is 2.35. The average molecular weight is 199 g/mol. The highest BCUT2D eigenvalue weighted by Crippen LogP contribution is 1.87. The molecule has 68 valence electrons. The third kappa shape index (κ3) is 10.2. The molecule has 0 unspecified atom stereocenters. The van der Waals surface area contributed by atoms with Crippen LogP contribution >= 0.6 is 11.8 Å². The van der Waals surface area contributed by atoms with E-state index >= 15 is 0 Å². The van der Waals surface area contributed by atoms with Crippen LogP contribution in [-0.4, -0.2) is 43.8 Å². The van der Waals surface area contributed by atoms with Crippen LogP contribution < -0.4 is 5.32 Å². The predicted molar refractivity (Wildman–Crippen MR) is 47.7 cm³/mol. The molecule has 0 aromatic carbocycles. The molecule has 11 heavy (non-hydrogen) atoms. The molecule has 2 N–H and O–H groups in total. The van der Waals surface area contributed by atoms with Gasteiger partial charge in [0.1, 0.15) is 0 Å². The highest BCUT2D eigenvalue weighted by atomic mass is 32.2. The summed E-state index contributed by atoms with van der Waals surface area (Å²) < 4.78 is 28.6. The van der Waals surface area contributed by atoms with Crippen molar-refractivity contribution in [2.75, 3.05) is 30.9 Å². The SMILES string of the molecule is CSCCNCCS(=O)(=O)O. The topological polar surface area (TPSA) is 66.4 Å². The first-order valence-electron chi connectivity index (χ1n) is 3.21. The van der Waals surface area contributed by atoms with Crippen LogP contribution in [-0.2, 0) is 10.1 Å². The van der Waals surface area contributed by atoms with E-state index in [1.807, 2.05) is 6.26 Å². The molecule has 0 bridgehead atoms. The fourth-order valence-electron chi connectivity index (χ4n) is 0.500. The first-order valence-corrected chi connectivity index (χ1v) is 6.21. The Bertz CT molecular complexity index is 178. The van der Waals surface area contributed by atoms with Gasteiger partial charge in [-0.05, 0) is 6.26 Å². The second kappa shape index (κ2) is 5.82. The summed E-state index contributed by atoms with van der Waals surface area (Å²) in [5.41, 5.74) is 0. The highest BCUT2D eigenvalue weighted by Gasteiger charge is 2.01. The molecule has 0 radical (unpaired) electrons. The normalized spacial score (nSPS) is 11.8. The number of hydrogen-bond donors (Lipinski definition) is 2. The van der Waals surface area contributed by atoms with Crippen molar-refractivity contribution in [1.82, 2.24) is 5.32 Å². The zero-order valence-corrected chi connectivity index (χ0v) is 8.04. The van der Waals surface area contributed by atoms with Gasteiger partial charge in [0.05, 0.1) is 5.75 Å². The first kappa shape index (κ1) is 11.2. The van der Waals surface area contributed by atoms with Gasteiger partial charge in [0.15, 0.2) is 0 Å². The van der Waals surface area contributed by atoms with Crippen molar-refractivity contribution in [3.05, 3.63) is 0 Å². The number of rotatable bonds is 6. The maximum atomic E-state index is 10.2. The second-order valence-corrected chi connectivity index (χ2v) is 4.59. The molecule has 0 fully saturated rings. The second-order valence-electron chi connectivity index (χ2n) is 2.03. The Balaban J connectivity index is 3.16. The van der Waals surface area contributed by atoms with Crippen LogP contribution in [0.1, 0.15) is 0 Å². The van der Waals surface area contributed by atoms with Crippen molar-refractivity contribution in [2.24, 2.45) is 0 Å². The summed E-state index contributed by atoms with van der Waals surface area (Å²) in [6.07, 6.45) is 1.98. The average Bonchev–Trinajstić information content (AvgIpc) is 1.85. The Morgan fingerprint density at radius 3 is 2.55 bits per heavy atom. The summed E-state index contributed by atoms with van der Waals surface area (Å²) in [7, 11) is -3.78. The highest BCUT2D eigenvalue weighted by molar-refractivity contribution is 7.98. The van der Waals surface area contributed by atoms with Gasteiger partial charge in [-0.2, -0.15) is 20.2 Å².